The van der Waals surface area contributed by atoms with Gasteiger partial charge in [0.05, 0.1) is 5.92 Å². The van der Waals surface area contributed by atoms with Crippen LogP contribution in [-0.2, 0) is 15.8 Å². The number of alkyl halides is 3. The summed E-state index contributed by atoms with van der Waals surface area (Å²) in [6.07, 6.45) is -4.86. The van der Waals surface area contributed by atoms with E-state index in [9.17, 15) is 22.8 Å². The summed E-state index contributed by atoms with van der Waals surface area (Å²) in [6.45, 7) is -0.180. The molecule has 0 spiro atoms. The van der Waals surface area contributed by atoms with Crippen molar-refractivity contribution in [2.45, 2.75) is 12.6 Å². The second-order valence-corrected chi connectivity index (χ2v) is 4.59. The molecule has 2 rings (SSSR count). The molecule has 2 heterocycles. The molecule has 1 aliphatic rings. The normalized spacial score (nSPS) is 20.5. The summed E-state index contributed by atoms with van der Waals surface area (Å²) in [6, 6.07) is 0. The highest BCUT2D eigenvalue weighted by Gasteiger charge is 2.40. The third kappa shape index (κ3) is 2.28. The molecule has 0 aromatic carbocycles. The average Bonchev–Trinajstić information content (AvgIpc) is 2.81. The molecule has 1 aliphatic heterocycles. The number of carbonyl (C=O) groups is 2. The summed E-state index contributed by atoms with van der Waals surface area (Å²) in [5.74, 6) is -2.64. The smallest absolute Gasteiger partial charge is 0.445 e. The topological polar surface area (TPSA) is 83.4 Å². The van der Waals surface area contributed by atoms with Gasteiger partial charge in [-0.05, 0) is 0 Å². The molecule has 1 unspecified atom stereocenters. The predicted molar refractivity (Wildman–Crippen MR) is 53.0 cm³/mol. The second kappa shape index (κ2) is 4.19. The molecule has 6 nitrogen and oxygen atoms in total. The molecule has 1 amide bonds. The van der Waals surface area contributed by atoms with Crippen LogP contribution in [0.3, 0.4) is 0 Å². The molecule has 18 heavy (non-hydrogen) atoms. The molecule has 0 bridgehead atoms. The Hall–Kier alpha value is -1.71. The Balaban J connectivity index is 2.20. The van der Waals surface area contributed by atoms with Crippen LogP contribution in [0.1, 0.15) is 11.4 Å². The number of carboxylic acid groups (broad SMARTS) is 1. The van der Waals surface area contributed by atoms with Crippen molar-refractivity contribution in [3.05, 3.63) is 5.01 Å². The van der Waals surface area contributed by atoms with Crippen LogP contribution in [0.15, 0.2) is 0 Å². The maximum atomic E-state index is 12.3. The lowest BCUT2D eigenvalue weighted by Gasteiger charge is -2.10. The third-order valence-corrected chi connectivity index (χ3v) is 3.35. The fourth-order valence-corrected chi connectivity index (χ4v) is 2.24. The molecule has 1 fully saturated rings. The van der Waals surface area contributed by atoms with E-state index in [2.05, 4.69) is 10.2 Å². The van der Waals surface area contributed by atoms with E-state index < -0.39 is 29.0 Å². The summed E-state index contributed by atoms with van der Waals surface area (Å²) in [7, 11) is 0. The first kappa shape index (κ1) is 12.7. The van der Waals surface area contributed by atoms with Crippen molar-refractivity contribution in [3.63, 3.8) is 0 Å². The van der Waals surface area contributed by atoms with Crippen molar-refractivity contribution >= 4 is 28.3 Å². The Labute approximate surface area is 102 Å². The van der Waals surface area contributed by atoms with E-state index in [1.165, 1.54) is 0 Å². The summed E-state index contributed by atoms with van der Waals surface area (Å²) >= 11 is 0.220. The second-order valence-electron chi connectivity index (χ2n) is 3.63. The minimum atomic E-state index is -4.62. The van der Waals surface area contributed by atoms with Crippen molar-refractivity contribution in [1.29, 1.82) is 0 Å². The number of rotatable bonds is 2. The lowest BCUT2D eigenvalue weighted by Crippen LogP contribution is -2.25. The van der Waals surface area contributed by atoms with Gasteiger partial charge in [-0.1, -0.05) is 11.3 Å². The quantitative estimate of drug-likeness (QED) is 0.874. The Morgan fingerprint density at radius 1 is 1.44 bits per heavy atom. The number of anilines is 1. The Kier molecular flexibility index (Phi) is 2.97. The maximum absolute atomic E-state index is 12.3. The van der Waals surface area contributed by atoms with Crippen LogP contribution in [-0.4, -0.2) is 33.7 Å². The Bertz CT molecular complexity index is 501. The lowest BCUT2D eigenvalue weighted by atomic mass is 10.1. The standard InChI is InChI=1S/C8H6F3N3O3S/c9-8(10,11)6-12-13-7(18-6)14-2-3(5(16)17)1-4(14)15/h3H,1-2H2,(H,16,17). The van der Waals surface area contributed by atoms with Gasteiger partial charge < -0.3 is 5.11 Å². The van der Waals surface area contributed by atoms with Gasteiger partial charge in [0.25, 0.3) is 0 Å². The Morgan fingerprint density at radius 3 is 2.56 bits per heavy atom. The highest BCUT2D eigenvalue weighted by atomic mass is 32.1. The molecule has 0 aliphatic carbocycles. The number of halogens is 3. The zero-order valence-electron chi connectivity index (χ0n) is 8.64. The lowest BCUT2D eigenvalue weighted by molar-refractivity contribution is -0.141. The fraction of sp³-hybridized carbons (Fsp3) is 0.500. The molecule has 0 saturated carbocycles. The fourth-order valence-electron chi connectivity index (χ4n) is 1.50. The number of aliphatic carboxylic acids is 1. The van der Waals surface area contributed by atoms with Gasteiger partial charge in [-0.25, -0.2) is 0 Å². The molecule has 0 radical (unpaired) electrons. The molecule has 1 saturated heterocycles. The van der Waals surface area contributed by atoms with Crippen LogP contribution in [0, 0.1) is 5.92 Å². The minimum absolute atomic E-state index is 0.180. The van der Waals surface area contributed by atoms with Crippen molar-refractivity contribution in [1.82, 2.24) is 10.2 Å². The molecule has 1 atom stereocenters. The van der Waals surface area contributed by atoms with Gasteiger partial charge in [-0.2, -0.15) is 13.2 Å². The molecule has 1 aromatic rings. The molecule has 10 heteroatoms. The SMILES string of the molecule is O=C(O)C1CC(=O)N(c2nnc(C(F)(F)F)s2)C1. The van der Waals surface area contributed by atoms with E-state index in [-0.39, 0.29) is 29.4 Å². The van der Waals surface area contributed by atoms with E-state index in [0.29, 0.717) is 0 Å². The highest BCUT2D eigenvalue weighted by Crippen LogP contribution is 2.36. The maximum Gasteiger partial charge on any atom is 0.445 e. The monoisotopic (exact) mass is 281 g/mol. The van der Waals surface area contributed by atoms with Gasteiger partial charge in [0.1, 0.15) is 0 Å². The van der Waals surface area contributed by atoms with E-state index in [4.69, 9.17) is 5.11 Å². The number of hydrogen-bond acceptors (Lipinski definition) is 5. The summed E-state index contributed by atoms with van der Waals surface area (Å²) in [4.78, 5) is 23.1. The number of carboxylic acids is 1. The van der Waals surface area contributed by atoms with Crippen LogP contribution < -0.4 is 4.90 Å². The third-order valence-electron chi connectivity index (χ3n) is 2.36. The molecular weight excluding hydrogens is 275 g/mol. The summed E-state index contributed by atoms with van der Waals surface area (Å²) < 4.78 is 36.9. The number of aromatic nitrogens is 2. The minimum Gasteiger partial charge on any atom is -0.481 e. The summed E-state index contributed by atoms with van der Waals surface area (Å²) in [5.41, 5.74) is 0. The van der Waals surface area contributed by atoms with Crippen LogP contribution >= 0.6 is 11.3 Å². The first-order valence-corrected chi connectivity index (χ1v) is 5.54. The summed E-state index contributed by atoms with van der Waals surface area (Å²) in [5, 5.41) is 13.6. The largest absolute Gasteiger partial charge is 0.481 e. The highest BCUT2D eigenvalue weighted by molar-refractivity contribution is 7.15. The first-order valence-electron chi connectivity index (χ1n) is 4.73. The number of amides is 1. The van der Waals surface area contributed by atoms with Crippen LogP contribution in [0.25, 0.3) is 0 Å². The van der Waals surface area contributed by atoms with Gasteiger partial charge >= 0.3 is 12.1 Å². The van der Waals surface area contributed by atoms with E-state index in [1.54, 1.807) is 0 Å². The van der Waals surface area contributed by atoms with Crippen molar-refractivity contribution in [3.8, 4) is 0 Å². The van der Waals surface area contributed by atoms with E-state index in [0.717, 1.165) is 4.90 Å². The van der Waals surface area contributed by atoms with Crippen molar-refractivity contribution < 1.29 is 27.9 Å². The van der Waals surface area contributed by atoms with Gasteiger partial charge in [0.15, 0.2) is 0 Å². The molecule has 98 valence electrons. The molecular formula is C8H6F3N3O3S. The van der Waals surface area contributed by atoms with Crippen LogP contribution in [0.4, 0.5) is 18.3 Å². The van der Waals surface area contributed by atoms with Gasteiger partial charge in [-0.15, -0.1) is 10.2 Å². The average molecular weight is 281 g/mol. The predicted octanol–water partition coefficient (Wildman–Crippen LogP) is 0.994. The molecule has 1 N–H and O–H groups in total. The van der Waals surface area contributed by atoms with Gasteiger partial charge in [-0.3, -0.25) is 14.5 Å². The van der Waals surface area contributed by atoms with Crippen LogP contribution in [0.5, 0.6) is 0 Å². The number of nitrogens with zero attached hydrogens (tertiary/aromatic N) is 3. The van der Waals surface area contributed by atoms with Crippen LogP contribution in [0.2, 0.25) is 0 Å². The number of hydrogen-bond donors (Lipinski definition) is 1. The van der Waals surface area contributed by atoms with Gasteiger partial charge in [0, 0.05) is 13.0 Å². The van der Waals surface area contributed by atoms with Gasteiger partial charge in [0.2, 0.25) is 16.0 Å². The molecule has 1 aromatic heterocycles. The van der Waals surface area contributed by atoms with Crippen molar-refractivity contribution in [2.24, 2.45) is 5.92 Å². The van der Waals surface area contributed by atoms with E-state index in [1.807, 2.05) is 0 Å². The first-order chi connectivity index (χ1) is 8.29. The van der Waals surface area contributed by atoms with Crippen molar-refractivity contribution in [2.75, 3.05) is 11.4 Å². The zero-order valence-corrected chi connectivity index (χ0v) is 9.46. The van der Waals surface area contributed by atoms with E-state index >= 15 is 0 Å². The zero-order chi connectivity index (χ0) is 13.5. The number of carbonyl (C=O) groups excluding carboxylic acids is 1. The Morgan fingerprint density at radius 2 is 2.11 bits per heavy atom.